The smallest absolute Gasteiger partial charge is 0.224 e. The first-order chi connectivity index (χ1) is 15.9. The molecule has 2 aliphatic rings. The van der Waals surface area contributed by atoms with Gasteiger partial charge < -0.3 is 24.4 Å². The summed E-state index contributed by atoms with van der Waals surface area (Å²) >= 11 is 5.98. The highest BCUT2D eigenvalue weighted by Gasteiger charge is 2.44. The van der Waals surface area contributed by atoms with Gasteiger partial charge in [0.15, 0.2) is 11.5 Å². The third-order valence-electron chi connectivity index (χ3n) is 6.96. The van der Waals surface area contributed by atoms with Gasteiger partial charge in [0.25, 0.3) is 0 Å². The molecule has 2 unspecified atom stereocenters. The summed E-state index contributed by atoms with van der Waals surface area (Å²) in [7, 11) is 1.64. The van der Waals surface area contributed by atoms with Gasteiger partial charge in [-0.3, -0.25) is 4.79 Å². The summed E-state index contributed by atoms with van der Waals surface area (Å²) in [6.07, 6.45) is 2.58. The van der Waals surface area contributed by atoms with Crippen molar-refractivity contribution in [3.05, 3.63) is 41.3 Å². The normalized spacial score (nSPS) is 22.9. The maximum atomic E-state index is 12.5. The molecule has 2 atom stereocenters. The molecule has 2 aromatic rings. The van der Waals surface area contributed by atoms with Gasteiger partial charge in [0.2, 0.25) is 5.91 Å². The lowest BCUT2D eigenvalue weighted by Crippen LogP contribution is -2.54. The molecule has 1 amide bonds. The summed E-state index contributed by atoms with van der Waals surface area (Å²) in [5, 5.41) is 9.60. The largest absolute Gasteiger partial charge is 0.493 e. The lowest BCUT2D eigenvalue weighted by atomic mass is 9.74. The number of benzene rings is 1. The Kier molecular flexibility index (Phi) is 6.95. The summed E-state index contributed by atoms with van der Waals surface area (Å²) in [5.41, 5.74) is 1.09. The zero-order chi connectivity index (χ0) is 23.6. The Morgan fingerprint density at radius 2 is 2.03 bits per heavy atom. The van der Waals surface area contributed by atoms with E-state index < -0.39 is 0 Å². The average Bonchev–Trinajstić information content (AvgIpc) is 3.14. The first kappa shape index (κ1) is 23.6. The van der Waals surface area contributed by atoms with E-state index in [-0.39, 0.29) is 36.4 Å². The van der Waals surface area contributed by atoms with E-state index in [1.165, 1.54) is 6.33 Å². The number of methoxy groups -OCH3 is 1. The van der Waals surface area contributed by atoms with Crippen LogP contribution in [0.1, 0.15) is 38.2 Å². The highest BCUT2D eigenvalue weighted by atomic mass is 35.5. The molecule has 2 fully saturated rings. The number of amides is 1. The minimum absolute atomic E-state index is 0.00374. The van der Waals surface area contributed by atoms with Crippen molar-refractivity contribution in [3.63, 3.8) is 0 Å². The summed E-state index contributed by atoms with van der Waals surface area (Å²) in [4.78, 5) is 24.6. The second-order valence-corrected chi connectivity index (χ2v) is 9.45. The standard InChI is InChI=1S/C24H31ClN4O4/c1-4-24(2)14-29(23(31)7-8-30)13-18(24)16-5-6-19(32-3)20(9-16)33-17-11-28(12-17)22-10-21(25)26-15-27-22/h5-6,9-10,15,17-18,30H,4,7-8,11-14H2,1-3H3. The number of hydrogen-bond acceptors (Lipinski definition) is 7. The zero-order valence-electron chi connectivity index (χ0n) is 19.3. The fourth-order valence-electron chi connectivity index (χ4n) is 4.74. The SMILES string of the molecule is CCC1(C)CN(C(=O)CCO)CC1c1ccc(OC)c(OC2CN(c3cc(Cl)ncn3)C2)c1. The lowest BCUT2D eigenvalue weighted by Gasteiger charge is -2.40. The molecule has 0 bridgehead atoms. The van der Waals surface area contributed by atoms with Crippen LogP contribution < -0.4 is 14.4 Å². The van der Waals surface area contributed by atoms with Crippen molar-refractivity contribution in [2.45, 2.75) is 38.7 Å². The van der Waals surface area contributed by atoms with E-state index in [2.05, 4.69) is 40.8 Å². The second-order valence-electron chi connectivity index (χ2n) is 9.06. The summed E-state index contributed by atoms with van der Waals surface area (Å²) in [5.74, 6) is 2.36. The highest BCUT2D eigenvalue weighted by molar-refractivity contribution is 6.29. The average molecular weight is 475 g/mol. The maximum Gasteiger partial charge on any atom is 0.224 e. The number of carbonyl (C=O) groups excluding carboxylic acids is 1. The van der Waals surface area contributed by atoms with Gasteiger partial charge >= 0.3 is 0 Å². The van der Waals surface area contributed by atoms with Crippen LogP contribution in [0.15, 0.2) is 30.6 Å². The third-order valence-corrected chi connectivity index (χ3v) is 7.16. The Labute approximate surface area is 199 Å². The predicted octanol–water partition coefficient (Wildman–Crippen LogP) is 3.13. The van der Waals surface area contributed by atoms with Crippen LogP contribution in [-0.4, -0.2) is 71.9 Å². The number of aromatic nitrogens is 2. The first-order valence-electron chi connectivity index (χ1n) is 11.3. The van der Waals surface area contributed by atoms with E-state index in [9.17, 15) is 9.90 Å². The van der Waals surface area contributed by atoms with Crippen molar-refractivity contribution in [1.82, 2.24) is 14.9 Å². The Balaban J connectivity index is 1.49. The van der Waals surface area contributed by atoms with E-state index >= 15 is 0 Å². The molecule has 9 heteroatoms. The quantitative estimate of drug-likeness (QED) is 0.588. The minimum Gasteiger partial charge on any atom is -0.493 e. The maximum absolute atomic E-state index is 12.5. The Bertz CT molecular complexity index is 1000. The molecule has 1 aromatic carbocycles. The van der Waals surface area contributed by atoms with Gasteiger partial charge in [0, 0.05) is 31.5 Å². The van der Waals surface area contributed by atoms with Crippen LogP contribution in [-0.2, 0) is 4.79 Å². The highest BCUT2D eigenvalue weighted by Crippen LogP contribution is 2.47. The number of likely N-dealkylation sites (tertiary alicyclic amines) is 1. The van der Waals surface area contributed by atoms with Crippen LogP contribution in [0.4, 0.5) is 5.82 Å². The van der Waals surface area contributed by atoms with E-state index in [1.54, 1.807) is 13.2 Å². The molecule has 33 heavy (non-hydrogen) atoms. The number of halogens is 1. The molecule has 0 radical (unpaired) electrons. The lowest BCUT2D eigenvalue weighted by molar-refractivity contribution is -0.131. The molecule has 2 saturated heterocycles. The van der Waals surface area contributed by atoms with Crippen LogP contribution in [0.2, 0.25) is 5.15 Å². The molecule has 2 aliphatic heterocycles. The molecule has 1 N–H and O–H groups in total. The van der Waals surface area contributed by atoms with Crippen LogP contribution in [0.5, 0.6) is 11.5 Å². The Hall–Kier alpha value is -2.58. The van der Waals surface area contributed by atoms with Crippen LogP contribution >= 0.6 is 11.6 Å². The van der Waals surface area contributed by atoms with Crippen LogP contribution in [0.25, 0.3) is 0 Å². The monoisotopic (exact) mass is 474 g/mol. The minimum atomic E-state index is -0.122. The molecule has 8 nitrogen and oxygen atoms in total. The van der Waals surface area contributed by atoms with Crippen molar-refractivity contribution in [1.29, 1.82) is 0 Å². The number of anilines is 1. The Morgan fingerprint density at radius 3 is 2.70 bits per heavy atom. The number of carbonyl (C=O) groups is 1. The molecule has 0 spiro atoms. The van der Waals surface area contributed by atoms with Gasteiger partial charge in [-0.1, -0.05) is 31.5 Å². The summed E-state index contributed by atoms with van der Waals surface area (Å²) in [6, 6.07) is 7.82. The first-order valence-corrected chi connectivity index (χ1v) is 11.7. The van der Waals surface area contributed by atoms with Gasteiger partial charge in [0.1, 0.15) is 23.4 Å². The molecule has 0 aliphatic carbocycles. The number of aliphatic hydroxyl groups excluding tert-OH is 1. The third kappa shape index (κ3) is 4.87. The van der Waals surface area contributed by atoms with Gasteiger partial charge in [-0.25, -0.2) is 9.97 Å². The number of hydrogen-bond donors (Lipinski definition) is 1. The fraction of sp³-hybridized carbons (Fsp3) is 0.542. The van der Waals surface area contributed by atoms with Crippen molar-refractivity contribution < 1.29 is 19.4 Å². The molecular weight excluding hydrogens is 444 g/mol. The second kappa shape index (κ2) is 9.73. The van der Waals surface area contributed by atoms with E-state index in [1.807, 2.05) is 11.0 Å². The summed E-state index contributed by atoms with van der Waals surface area (Å²) in [6.45, 7) is 6.99. The molecule has 1 aromatic heterocycles. The van der Waals surface area contributed by atoms with Crippen molar-refractivity contribution in [2.75, 3.05) is 44.8 Å². The van der Waals surface area contributed by atoms with Gasteiger partial charge in [-0.05, 0) is 29.5 Å². The number of aliphatic hydroxyl groups is 1. The van der Waals surface area contributed by atoms with Crippen LogP contribution in [0.3, 0.4) is 0 Å². The predicted molar refractivity (Wildman–Crippen MR) is 126 cm³/mol. The summed E-state index contributed by atoms with van der Waals surface area (Å²) < 4.78 is 11.9. The molecule has 4 rings (SSSR count). The number of ether oxygens (including phenoxy) is 2. The Morgan fingerprint density at radius 1 is 1.24 bits per heavy atom. The molecule has 3 heterocycles. The fourth-order valence-corrected chi connectivity index (χ4v) is 4.88. The number of nitrogens with zero attached hydrogens (tertiary/aromatic N) is 4. The van der Waals surface area contributed by atoms with Gasteiger partial charge in [0.05, 0.1) is 26.8 Å². The molecule has 0 saturated carbocycles. The molecular formula is C24H31ClN4O4. The zero-order valence-corrected chi connectivity index (χ0v) is 20.1. The van der Waals surface area contributed by atoms with Gasteiger partial charge in [-0.2, -0.15) is 0 Å². The van der Waals surface area contributed by atoms with E-state index in [4.69, 9.17) is 21.1 Å². The van der Waals surface area contributed by atoms with E-state index in [0.717, 1.165) is 17.8 Å². The van der Waals surface area contributed by atoms with Crippen molar-refractivity contribution in [2.24, 2.45) is 5.41 Å². The van der Waals surface area contributed by atoms with Crippen molar-refractivity contribution >= 4 is 23.3 Å². The molecule has 178 valence electrons. The number of rotatable bonds is 8. The van der Waals surface area contributed by atoms with Crippen LogP contribution in [0, 0.1) is 5.41 Å². The van der Waals surface area contributed by atoms with E-state index in [0.29, 0.717) is 42.8 Å². The van der Waals surface area contributed by atoms with Crippen molar-refractivity contribution in [3.8, 4) is 11.5 Å². The topological polar surface area (TPSA) is 88.0 Å². The van der Waals surface area contributed by atoms with Gasteiger partial charge in [-0.15, -0.1) is 0 Å².